The molecule has 0 saturated carbocycles. The number of primary amides is 1. The molecule has 1 aromatic carbocycles. The van der Waals surface area contributed by atoms with Crippen LogP contribution in [0.15, 0.2) is 30.3 Å². The highest BCUT2D eigenvalue weighted by Gasteiger charge is 2.10. The van der Waals surface area contributed by atoms with Gasteiger partial charge in [-0.1, -0.05) is 12.1 Å². The van der Waals surface area contributed by atoms with Gasteiger partial charge < -0.3 is 15.4 Å². The van der Waals surface area contributed by atoms with Gasteiger partial charge in [-0.3, -0.25) is 14.4 Å². The number of hydrogen-bond donors (Lipinski definition) is 1. The van der Waals surface area contributed by atoms with Gasteiger partial charge in [0.2, 0.25) is 11.8 Å². The summed E-state index contributed by atoms with van der Waals surface area (Å²) in [4.78, 5) is 35.2. The minimum Gasteiger partial charge on any atom is -0.465 e. The Morgan fingerprint density at radius 3 is 2.38 bits per heavy atom. The summed E-state index contributed by atoms with van der Waals surface area (Å²) in [5.74, 6) is -1.27. The van der Waals surface area contributed by atoms with E-state index in [1.165, 1.54) is 18.0 Å². The van der Waals surface area contributed by atoms with Gasteiger partial charge in [0.1, 0.15) is 6.54 Å². The molecule has 0 fully saturated rings. The van der Waals surface area contributed by atoms with E-state index in [2.05, 4.69) is 0 Å². The monoisotopic (exact) mass is 290 g/mol. The van der Waals surface area contributed by atoms with Crippen molar-refractivity contribution in [2.75, 3.05) is 20.2 Å². The maximum Gasteiger partial charge on any atom is 0.325 e. The van der Waals surface area contributed by atoms with Crippen molar-refractivity contribution < 1.29 is 19.1 Å². The maximum atomic E-state index is 11.8. The quantitative estimate of drug-likeness (QED) is 0.620. The summed E-state index contributed by atoms with van der Waals surface area (Å²) in [5, 5.41) is 0. The van der Waals surface area contributed by atoms with E-state index >= 15 is 0 Å². The molecule has 0 saturated heterocycles. The van der Waals surface area contributed by atoms with E-state index in [0.29, 0.717) is 5.56 Å². The largest absolute Gasteiger partial charge is 0.465 e. The SMILES string of the molecule is CCOC(=O)CN(C)C(=O)/C=C/c1ccc(C(N)=O)cc1. The molecule has 1 rings (SSSR count). The average Bonchev–Trinajstić information content (AvgIpc) is 2.45. The fraction of sp³-hybridized carbons (Fsp3) is 0.267. The average molecular weight is 290 g/mol. The lowest BCUT2D eigenvalue weighted by Gasteiger charge is -2.13. The Hall–Kier alpha value is -2.63. The van der Waals surface area contributed by atoms with Gasteiger partial charge in [0.05, 0.1) is 6.61 Å². The highest BCUT2D eigenvalue weighted by molar-refractivity contribution is 5.94. The third-order valence-corrected chi connectivity index (χ3v) is 2.66. The highest BCUT2D eigenvalue weighted by atomic mass is 16.5. The summed E-state index contributed by atoms with van der Waals surface area (Å²) in [6.45, 7) is 1.88. The van der Waals surface area contributed by atoms with Crippen molar-refractivity contribution in [3.63, 3.8) is 0 Å². The summed E-state index contributed by atoms with van der Waals surface area (Å²) >= 11 is 0. The molecule has 2 amide bonds. The minimum atomic E-state index is -0.504. The third kappa shape index (κ3) is 5.48. The van der Waals surface area contributed by atoms with Crippen LogP contribution < -0.4 is 5.73 Å². The van der Waals surface area contributed by atoms with Crippen LogP contribution in [0, 0.1) is 0 Å². The van der Waals surface area contributed by atoms with Gasteiger partial charge in [0.25, 0.3) is 0 Å². The van der Waals surface area contributed by atoms with Gasteiger partial charge in [0.15, 0.2) is 0 Å². The molecule has 0 bridgehead atoms. The van der Waals surface area contributed by atoms with E-state index in [1.54, 1.807) is 37.3 Å². The Kier molecular flexibility index (Phi) is 6.13. The lowest BCUT2D eigenvalue weighted by Crippen LogP contribution is -2.31. The fourth-order valence-corrected chi connectivity index (χ4v) is 1.53. The van der Waals surface area contributed by atoms with Crippen LogP contribution in [0.25, 0.3) is 6.08 Å². The molecule has 2 N–H and O–H groups in total. The number of rotatable bonds is 6. The lowest BCUT2D eigenvalue weighted by molar-refractivity contribution is -0.146. The summed E-state index contributed by atoms with van der Waals surface area (Å²) in [6.07, 6.45) is 2.94. The first-order valence-electron chi connectivity index (χ1n) is 6.42. The summed E-state index contributed by atoms with van der Waals surface area (Å²) < 4.78 is 4.76. The number of nitrogens with zero attached hydrogens (tertiary/aromatic N) is 1. The van der Waals surface area contributed by atoms with Crippen molar-refractivity contribution in [2.24, 2.45) is 5.73 Å². The van der Waals surface area contributed by atoms with E-state index < -0.39 is 11.9 Å². The maximum absolute atomic E-state index is 11.8. The summed E-state index contributed by atoms with van der Waals surface area (Å²) in [7, 11) is 1.51. The molecule has 1 aromatic rings. The predicted molar refractivity (Wildman–Crippen MR) is 78.3 cm³/mol. The number of amides is 2. The van der Waals surface area contributed by atoms with Crippen LogP contribution in [0.2, 0.25) is 0 Å². The number of benzene rings is 1. The molecule has 0 unspecified atom stereocenters. The van der Waals surface area contributed by atoms with Crippen molar-refractivity contribution in [3.05, 3.63) is 41.5 Å². The number of likely N-dealkylation sites (N-methyl/N-ethyl adjacent to an activating group) is 1. The molecule has 0 aliphatic heterocycles. The third-order valence-electron chi connectivity index (χ3n) is 2.66. The zero-order chi connectivity index (χ0) is 15.8. The molecule has 0 atom stereocenters. The van der Waals surface area contributed by atoms with Gasteiger partial charge in [-0.15, -0.1) is 0 Å². The second-order valence-electron chi connectivity index (χ2n) is 4.32. The van der Waals surface area contributed by atoms with Crippen LogP contribution in [-0.4, -0.2) is 42.9 Å². The fourth-order valence-electron chi connectivity index (χ4n) is 1.53. The summed E-state index contributed by atoms with van der Waals surface area (Å²) in [5.41, 5.74) is 6.28. The molecule has 0 aliphatic rings. The molecule has 0 aromatic heterocycles. The molecule has 0 spiro atoms. The van der Waals surface area contributed by atoms with Gasteiger partial charge in [-0.25, -0.2) is 0 Å². The van der Waals surface area contributed by atoms with Crippen LogP contribution in [0.1, 0.15) is 22.8 Å². The van der Waals surface area contributed by atoms with Gasteiger partial charge in [0, 0.05) is 18.7 Å². The number of hydrogen-bond acceptors (Lipinski definition) is 4. The number of carbonyl (C=O) groups is 3. The van der Waals surface area contributed by atoms with Crippen LogP contribution in [-0.2, 0) is 14.3 Å². The molecular formula is C15H18N2O4. The normalized spacial score (nSPS) is 10.4. The van der Waals surface area contributed by atoms with Crippen LogP contribution in [0.3, 0.4) is 0 Å². The second-order valence-corrected chi connectivity index (χ2v) is 4.32. The van der Waals surface area contributed by atoms with Crippen LogP contribution in [0.4, 0.5) is 0 Å². The molecule has 0 aliphatic carbocycles. The van der Waals surface area contributed by atoms with E-state index in [-0.39, 0.29) is 19.1 Å². The second kappa shape index (κ2) is 7.84. The van der Waals surface area contributed by atoms with Crippen LogP contribution >= 0.6 is 0 Å². The van der Waals surface area contributed by atoms with Crippen molar-refractivity contribution in [3.8, 4) is 0 Å². The van der Waals surface area contributed by atoms with Crippen molar-refractivity contribution in [1.29, 1.82) is 0 Å². The zero-order valence-electron chi connectivity index (χ0n) is 12.0. The molecular weight excluding hydrogens is 272 g/mol. The Morgan fingerprint density at radius 2 is 1.86 bits per heavy atom. The van der Waals surface area contributed by atoms with E-state index in [0.717, 1.165) is 5.56 Å². The Labute approximate surface area is 123 Å². The summed E-state index contributed by atoms with van der Waals surface area (Å²) in [6, 6.07) is 6.51. The van der Waals surface area contributed by atoms with Gasteiger partial charge >= 0.3 is 5.97 Å². The first-order chi connectivity index (χ1) is 9.93. The molecule has 0 heterocycles. The predicted octanol–water partition coefficient (Wildman–Crippen LogP) is 0.820. The van der Waals surface area contributed by atoms with E-state index in [4.69, 9.17) is 10.5 Å². The van der Waals surface area contributed by atoms with E-state index in [1.807, 2.05) is 0 Å². The minimum absolute atomic E-state index is 0.0996. The molecule has 21 heavy (non-hydrogen) atoms. The topological polar surface area (TPSA) is 89.7 Å². The first-order valence-corrected chi connectivity index (χ1v) is 6.42. The Bertz CT molecular complexity index is 549. The first kappa shape index (κ1) is 16.4. The van der Waals surface area contributed by atoms with Crippen LogP contribution in [0.5, 0.6) is 0 Å². The molecule has 6 nitrogen and oxygen atoms in total. The molecule has 0 radical (unpaired) electrons. The number of carbonyl (C=O) groups excluding carboxylic acids is 3. The Balaban J connectivity index is 2.60. The zero-order valence-corrected chi connectivity index (χ0v) is 12.0. The smallest absolute Gasteiger partial charge is 0.325 e. The van der Waals surface area contributed by atoms with E-state index in [9.17, 15) is 14.4 Å². The number of ether oxygens (including phenoxy) is 1. The Morgan fingerprint density at radius 1 is 1.24 bits per heavy atom. The highest BCUT2D eigenvalue weighted by Crippen LogP contribution is 2.06. The number of nitrogens with two attached hydrogens (primary N) is 1. The van der Waals surface area contributed by atoms with Crippen molar-refractivity contribution in [2.45, 2.75) is 6.92 Å². The van der Waals surface area contributed by atoms with Crippen molar-refractivity contribution >= 4 is 23.9 Å². The van der Waals surface area contributed by atoms with Gasteiger partial charge in [-0.05, 0) is 30.7 Å². The lowest BCUT2D eigenvalue weighted by atomic mass is 10.1. The molecule has 6 heteroatoms. The number of esters is 1. The standard InChI is InChI=1S/C15H18N2O4/c1-3-21-14(19)10-17(2)13(18)9-6-11-4-7-12(8-5-11)15(16)20/h4-9H,3,10H2,1-2H3,(H2,16,20)/b9-6+. The van der Waals surface area contributed by atoms with Crippen molar-refractivity contribution in [1.82, 2.24) is 4.90 Å². The molecule has 112 valence electrons. The van der Waals surface area contributed by atoms with Gasteiger partial charge in [-0.2, -0.15) is 0 Å².